The normalized spacial score (nSPS) is 12.2. The van der Waals surface area contributed by atoms with Crippen LogP contribution in [0.25, 0.3) is 0 Å². The minimum Gasteiger partial charge on any atom is -0.465 e. The summed E-state index contributed by atoms with van der Waals surface area (Å²) in [6.07, 6.45) is 0.736. The summed E-state index contributed by atoms with van der Waals surface area (Å²) in [7, 11) is 1.25. The number of alkyl halides is 2. The molecule has 0 saturated heterocycles. The lowest BCUT2D eigenvalue weighted by Gasteiger charge is -2.07. The third-order valence-corrected chi connectivity index (χ3v) is 2.97. The van der Waals surface area contributed by atoms with Gasteiger partial charge in [0.15, 0.2) is 0 Å². The van der Waals surface area contributed by atoms with Crippen molar-refractivity contribution >= 4 is 21.9 Å². The van der Waals surface area contributed by atoms with Crippen molar-refractivity contribution in [2.24, 2.45) is 0 Å². The molecular weight excluding hydrogens is 293 g/mol. The highest BCUT2D eigenvalue weighted by Gasteiger charge is 2.08. The Balaban J connectivity index is 2.77. The summed E-state index contributed by atoms with van der Waals surface area (Å²) in [5.41, 5.74) is -0.138. The number of hydrogen-bond acceptors (Lipinski definition) is 3. The number of carbonyl (C=O) groups is 1. The smallest absolute Gasteiger partial charge is 0.338 e. The number of rotatable bonds is 5. The van der Waals surface area contributed by atoms with Crippen LogP contribution in [0.15, 0.2) is 23.1 Å². The number of aryl methyl sites for hydroxylation is 1. The molecule has 1 unspecified atom stereocenters. The van der Waals surface area contributed by atoms with E-state index in [9.17, 15) is 14.0 Å². The Morgan fingerprint density at radius 3 is 2.88 bits per heavy atom. The highest BCUT2D eigenvalue weighted by atomic mass is 79.9. The number of nitrogens with zero attached hydrogens (tertiary/aromatic N) is 1. The predicted molar refractivity (Wildman–Crippen MR) is 65.3 cm³/mol. The second kappa shape index (κ2) is 6.54. The molecule has 1 aromatic rings. The maximum Gasteiger partial charge on any atom is 0.338 e. The van der Waals surface area contributed by atoms with Crippen molar-refractivity contribution in [3.63, 3.8) is 0 Å². The fourth-order valence-electron chi connectivity index (χ4n) is 1.29. The van der Waals surface area contributed by atoms with Crippen LogP contribution in [0.1, 0.15) is 16.8 Å². The average Bonchev–Trinajstić information content (AvgIpc) is 2.35. The van der Waals surface area contributed by atoms with E-state index >= 15 is 0 Å². The lowest BCUT2D eigenvalue weighted by atomic mass is 10.2. The van der Waals surface area contributed by atoms with Gasteiger partial charge in [0.1, 0.15) is 6.17 Å². The van der Waals surface area contributed by atoms with Crippen LogP contribution in [0.3, 0.4) is 0 Å². The molecule has 0 aliphatic carbocycles. The predicted octanol–water partition coefficient (Wildman–Crippen LogP) is 1.76. The summed E-state index contributed by atoms with van der Waals surface area (Å²) in [5, 5.41) is 0.252. The zero-order valence-electron chi connectivity index (χ0n) is 9.36. The highest BCUT2D eigenvalue weighted by Crippen LogP contribution is 2.04. The molecule has 0 fully saturated rings. The summed E-state index contributed by atoms with van der Waals surface area (Å²) in [5.74, 6) is -0.557. The van der Waals surface area contributed by atoms with Gasteiger partial charge in [-0.25, -0.2) is 9.18 Å². The molecule has 0 aliphatic heterocycles. The molecule has 0 bridgehead atoms. The molecule has 0 aromatic carbocycles. The van der Waals surface area contributed by atoms with Crippen molar-refractivity contribution in [1.82, 2.24) is 4.57 Å². The quantitative estimate of drug-likeness (QED) is 0.615. The Morgan fingerprint density at radius 2 is 2.35 bits per heavy atom. The van der Waals surface area contributed by atoms with Gasteiger partial charge in [-0.1, -0.05) is 15.9 Å². The van der Waals surface area contributed by atoms with Gasteiger partial charge >= 0.3 is 5.97 Å². The van der Waals surface area contributed by atoms with Gasteiger partial charge in [0, 0.05) is 24.1 Å². The number of ether oxygens (including phenoxy) is 1. The van der Waals surface area contributed by atoms with E-state index in [4.69, 9.17) is 0 Å². The molecule has 0 radical (unpaired) electrons. The van der Waals surface area contributed by atoms with Crippen LogP contribution in [-0.4, -0.2) is 29.1 Å². The third-order valence-electron chi connectivity index (χ3n) is 2.27. The lowest BCUT2D eigenvalue weighted by molar-refractivity contribution is 0.0600. The Morgan fingerprint density at radius 1 is 1.65 bits per heavy atom. The maximum absolute atomic E-state index is 13.0. The molecular formula is C11H13BrFNO3. The fourth-order valence-corrected chi connectivity index (χ4v) is 1.62. The molecule has 1 atom stereocenters. The van der Waals surface area contributed by atoms with Gasteiger partial charge < -0.3 is 9.30 Å². The van der Waals surface area contributed by atoms with Crippen molar-refractivity contribution in [3.8, 4) is 0 Å². The van der Waals surface area contributed by atoms with Crippen LogP contribution < -0.4 is 5.56 Å². The van der Waals surface area contributed by atoms with E-state index in [0.717, 1.165) is 0 Å². The first-order valence-corrected chi connectivity index (χ1v) is 6.19. The summed E-state index contributed by atoms with van der Waals surface area (Å²) >= 11 is 3.02. The topological polar surface area (TPSA) is 48.3 Å². The molecule has 6 heteroatoms. The Kier molecular flexibility index (Phi) is 5.34. The summed E-state index contributed by atoms with van der Waals surface area (Å²) in [6.45, 7) is 0.285. The zero-order valence-corrected chi connectivity index (χ0v) is 10.9. The van der Waals surface area contributed by atoms with Gasteiger partial charge in [-0.3, -0.25) is 4.79 Å². The van der Waals surface area contributed by atoms with Crippen LogP contribution in [0.4, 0.5) is 4.39 Å². The molecule has 1 heterocycles. The first kappa shape index (κ1) is 13.9. The number of halogens is 2. The number of pyridine rings is 1. The maximum atomic E-state index is 13.0. The van der Waals surface area contributed by atoms with Gasteiger partial charge in [-0.15, -0.1) is 0 Å². The first-order chi connectivity index (χ1) is 8.08. The van der Waals surface area contributed by atoms with Crippen LogP contribution in [-0.2, 0) is 11.3 Å². The van der Waals surface area contributed by atoms with Crippen LogP contribution in [0.2, 0.25) is 0 Å². The van der Waals surface area contributed by atoms with Crippen LogP contribution >= 0.6 is 15.9 Å². The van der Waals surface area contributed by atoms with E-state index < -0.39 is 12.1 Å². The van der Waals surface area contributed by atoms with Crippen molar-refractivity contribution in [1.29, 1.82) is 0 Å². The van der Waals surface area contributed by atoms with E-state index in [1.54, 1.807) is 0 Å². The minimum absolute atomic E-state index is 0.200. The minimum atomic E-state index is -0.984. The monoisotopic (exact) mass is 305 g/mol. The molecule has 17 heavy (non-hydrogen) atoms. The largest absolute Gasteiger partial charge is 0.465 e. The third kappa shape index (κ3) is 3.96. The molecule has 0 aliphatic rings. The van der Waals surface area contributed by atoms with Crippen molar-refractivity contribution in [3.05, 3.63) is 34.2 Å². The molecule has 1 aromatic heterocycles. The molecule has 4 nitrogen and oxygen atoms in total. The van der Waals surface area contributed by atoms with E-state index in [-0.39, 0.29) is 29.4 Å². The molecule has 94 valence electrons. The van der Waals surface area contributed by atoms with Crippen LogP contribution in [0.5, 0.6) is 0 Å². The number of aromatic nitrogens is 1. The molecule has 0 spiro atoms. The Hall–Kier alpha value is -1.17. The van der Waals surface area contributed by atoms with Crippen molar-refractivity contribution in [2.45, 2.75) is 19.1 Å². The number of esters is 1. The van der Waals surface area contributed by atoms with Gasteiger partial charge in [-0.05, 0) is 12.5 Å². The van der Waals surface area contributed by atoms with Crippen molar-refractivity contribution in [2.75, 3.05) is 12.4 Å². The second-order valence-corrected chi connectivity index (χ2v) is 4.13. The zero-order chi connectivity index (χ0) is 12.8. The van der Waals surface area contributed by atoms with Gasteiger partial charge in [0.05, 0.1) is 12.7 Å². The molecule has 0 N–H and O–H groups in total. The molecule has 1 rings (SSSR count). The lowest BCUT2D eigenvalue weighted by Crippen LogP contribution is -2.22. The fraction of sp³-hybridized carbons (Fsp3) is 0.455. The number of methoxy groups -OCH3 is 1. The Bertz CT molecular complexity index is 447. The Labute approximate surface area is 107 Å². The second-order valence-electron chi connectivity index (χ2n) is 3.48. The first-order valence-electron chi connectivity index (χ1n) is 5.07. The van der Waals surface area contributed by atoms with E-state index in [1.165, 1.54) is 30.0 Å². The standard InChI is InChI=1S/C11H13BrFNO3/c1-17-11(16)8-2-4-14(10(15)6-8)5-3-9(13)7-12/h2,4,6,9H,3,5,7H2,1H3. The van der Waals surface area contributed by atoms with E-state index in [2.05, 4.69) is 20.7 Å². The van der Waals surface area contributed by atoms with E-state index in [0.29, 0.717) is 0 Å². The molecule has 0 saturated carbocycles. The summed E-state index contributed by atoms with van der Waals surface area (Å²) < 4.78 is 18.8. The average molecular weight is 306 g/mol. The molecule has 0 amide bonds. The van der Waals surface area contributed by atoms with Crippen LogP contribution in [0, 0.1) is 0 Å². The van der Waals surface area contributed by atoms with Gasteiger partial charge in [0.2, 0.25) is 0 Å². The number of hydrogen-bond donors (Lipinski definition) is 0. The highest BCUT2D eigenvalue weighted by molar-refractivity contribution is 9.09. The summed E-state index contributed by atoms with van der Waals surface area (Å²) in [4.78, 5) is 22.7. The van der Waals surface area contributed by atoms with Gasteiger partial charge in [-0.2, -0.15) is 0 Å². The SMILES string of the molecule is COC(=O)c1ccn(CCC(F)CBr)c(=O)c1. The van der Waals surface area contributed by atoms with Gasteiger partial charge in [0.25, 0.3) is 5.56 Å². The number of carbonyl (C=O) groups excluding carboxylic acids is 1. The van der Waals surface area contributed by atoms with Crippen molar-refractivity contribution < 1.29 is 13.9 Å². The summed E-state index contributed by atoms with van der Waals surface area (Å²) in [6, 6.07) is 2.67. The van der Waals surface area contributed by atoms with E-state index in [1.807, 2.05) is 0 Å².